The topological polar surface area (TPSA) is 131 Å². The quantitative estimate of drug-likeness (QED) is 0.107. The Labute approximate surface area is 289 Å². The van der Waals surface area contributed by atoms with Crippen molar-refractivity contribution in [3.05, 3.63) is 102 Å². The highest BCUT2D eigenvalue weighted by molar-refractivity contribution is 5.98. The van der Waals surface area contributed by atoms with Crippen LogP contribution in [0.1, 0.15) is 88.2 Å². The molecule has 0 spiro atoms. The lowest BCUT2D eigenvalue weighted by atomic mass is 9.86. The van der Waals surface area contributed by atoms with Gasteiger partial charge in [-0.3, -0.25) is 14.4 Å². The number of amides is 2. The van der Waals surface area contributed by atoms with Crippen molar-refractivity contribution in [3.8, 4) is 28.3 Å². The van der Waals surface area contributed by atoms with Crippen molar-refractivity contribution in [2.24, 2.45) is 0 Å². The third-order valence-electron chi connectivity index (χ3n) is 8.37. The fourth-order valence-corrected chi connectivity index (χ4v) is 5.24. The van der Waals surface area contributed by atoms with Crippen LogP contribution in [0.2, 0.25) is 0 Å². The average molecular weight is 665 g/mol. The Kier molecular flexibility index (Phi) is 13.0. The summed E-state index contributed by atoms with van der Waals surface area (Å²) in [5, 5.41) is 14.6. The molecule has 1 heterocycles. The maximum absolute atomic E-state index is 13.2. The molecule has 9 nitrogen and oxygen atoms in total. The first-order valence-electron chi connectivity index (χ1n) is 17.0. The van der Waals surface area contributed by atoms with Gasteiger partial charge < -0.3 is 20.5 Å². The third-order valence-corrected chi connectivity index (χ3v) is 8.37. The molecule has 1 aromatic heterocycles. The zero-order chi connectivity index (χ0) is 35.4. The zero-order valence-corrected chi connectivity index (χ0v) is 29.2. The minimum Gasteiger partial charge on any atom is -0.494 e. The number of carbonyl (C=O) groups excluding carboxylic acids is 2. The summed E-state index contributed by atoms with van der Waals surface area (Å²) in [6.45, 7) is 10.6. The number of aromatic nitrogens is 2. The molecule has 258 valence electrons. The summed E-state index contributed by atoms with van der Waals surface area (Å²) in [4.78, 5) is 46.9. The Bertz CT molecular complexity index is 1660. The fraction of sp³-hybridized carbons (Fsp3) is 0.375. The van der Waals surface area contributed by atoms with E-state index in [9.17, 15) is 19.5 Å². The van der Waals surface area contributed by atoms with Crippen LogP contribution in [0.3, 0.4) is 0 Å². The van der Waals surface area contributed by atoms with Crippen molar-refractivity contribution in [2.45, 2.75) is 90.6 Å². The van der Waals surface area contributed by atoms with Crippen LogP contribution in [0, 0.1) is 0 Å². The van der Waals surface area contributed by atoms with Crippen molar-refractivity contribution >= 4 is 17.8 Å². The number of carbonyl (C=O) groups is 3. The van der Waals surface area contributed by atoms with Crippen LogP contribution in [-0.2, 0) is 21.4 Å². The summed E-state index contributed by atoms with van der Waals surface area (Å²) in [7, 11) is 0. The third kappa shape index (κ3) is 11.0. The summed E-state index contributed by atoms with van der Waals surface area (Å²) < 4.78 is 5.88. The molecule has 0 aliphatic heterocycles. The molecule has 0 aliphatic rings. The number of carboxylic acid groups (broad SMARTS) is 1. The van der Waals surface area contributed by atoms with E-state index in [4.69, 9.17) is 4.74 Å². The molecule has 0 fully saturated rings. The second-order valence-electron chi connectivity index (χ2n) is 13.4. The number of aliphatic carboxylic acids is 1. The highest BCUT2D eigenvalue weighted by Crippen LogP contribution is 2.24. The minimum atomic E-state index is -1.17. The maximum Gasteiger partial charge on any atom is 0.325 e. The molecule has 0 unspecified atom stereocenters. The lowest BCUT2D eigenvalue weighted by molar-refractivity contribution is -0.141. The summed E-state index contributed by atoms with van der Waals surface area (Å²) in [6.07, 6.45) is 9.73. The Hall–Kier alpha value is -5.05. The molecule has 0 aliphatic carbocycles. The van der Waals surface area contributed by atoms with Crippen LogP contribution < -0.4 is 15.4 Å². The van der Waals surface area contributed by atoms with Gasteiger partial charge in [-0.05, 0) is 59.7 Å². The van der Waals surface area contributed by atoms with Gasteiger partial charge in [-0.2, -0.15) is 0 Å². The van der Waals surface area contributed by atoms with Crippen molar-refractivity contribution in [1.29, 1.82) is 0 Å². The first-order chi connectivity index (χ1) is 23.4. The molecule has 0 saturated carbocycles. The largest absolute Gasteiger partial charge is 0.494 e. The number of unbranched alkanes of at least 4 members (excludes halogenated alkanes) is 4. The van der Waals surface area contributed by atoms with Gasteiger partial charge in [0, 0.05) is 35.5 Å². The summed E-state index contributed by atoms with van der Waals surface area (Å²) in [5.74, 6) is -0.772. The van der Waals surface area contributed by atoms with Gasteiger partial charge in [-0.25, -0.2) is 9.97 Å². The molecule has 0 radical (unpaired) electrons. The molecular weight excluding hydrogens is 616 g/mol. The van der Waals surface area contributed by atoms with E-state index in [0.29, 0.717) is 11.4 Å². The van der Waals surface area contributed by atoms with E-state index >= 15 is 0 Å². The number of nitrogens with zero attached hydrogens (tertiary/aromatic N) is 2. The molecule has 0 bridgehead atoms. The summed E-state index contributed by atoms with van der Waals surface area (Å²) in [5.41, 5.74) is 4.86. The molecule has 2 atom stereocenters. The van der Waals surface area contributed by atoms with E-state index < -0.39 is 29.9 Å². The molecule has 2 amide bonds. The van der Waals surface area contributed by atoms with Crippen molar-refractivity contribution in [2.75, 3.05) is 6.61 Å². The molecule has 0 saturated heterocycles. The fourth-order valence-electron chi connectivity index (χ4n) is 5.24. The normalized spacial score (nSPS) is 12.5. The SMILES string of the molecule is CCCCCCCOc1ccc(-c2cnc(-c3ccc(C[C@@H](NC(=O)c4ccc(C(C)(C)C)cc4)C(=O)N[C@@H](C)C(=O)O)cc3)nc2)cc1. The number of ether oxygens (including phenoxy) is 1. The van der Waals surface area contributed by atoms with Crippen LogP contribution in [0.15, 0.2) is 85.2 Å². The Morgan fingerprint density at radius 1 is 0.776 bits per heavy atom. The standard InChI is InChI=1S/C40H48N4O5/c1-6-7-8-9-10-23-49-34-21-17-29(18-22-34)32-25-41-36(42-26-32)30-13-11-28(12-14-30)24-35(38(46)43-27(2)39(47)48)44-37(45)31-15-19-33(20-16-31)40(3,4)5/h11-22,25-27,35H,6-10,23-24H2,1-5H3,(H,43,46)(H,44,45)(H,47,48)/t27-,35+/m0/s1. The van der Waals surface area contributed by atoms with Gasteiger partial charge in [-0.1, -0.05) is 102 Å². The van der Waals surface area contributed by atoms with E-state index in [1.54, 1.807) is 24.5 Å². The summed E-state index contributed by atoms with van der Waals surface area (Å²) >= 11 is 0. The Balaban J connectivity index is 1.40. The predicted octanol–water partition coefficient (Wildman–Crippen LogP) is 7.39. The molecule has 4 rings (SSSR count). The molecule has 3 N–H and O–H groups in total. The zero-order valence-electron chi connectivity index (χ0n) is 29.2. The monoisotopic (exact) mass is 664 g/mol. The van der Waals surface area contributed by atoms with E-state index in [-0.39, 0.29) is 11.8 Å². The van der Waals surface area contributed by atoms with Gasteiger partial charge in [0.1, 0.15) is 17.8 Å². The lowest BCUT2D eigenvalue weighted by Gasteiger charge is -2.21. The highest BCUT2D eigenvalue weighted by Gasteiger charge is 2.25. The number of nitrogens with one attached hydrogen (secondary N) is 2. The Morgan fingerprint density at radius 3 is 1.98 bits per heavy atom. The molecule has 49 heavy (non-hydrogen) atoms. The molecular formula is C40H48N4O5. The van der Waals surface area contributed by atoms with Gasteiger partial charge in [-0.15, -0.1) is 0 Å². The first-order valence-corrected chi connectivity index (χ1v) is 17.0. The lowest BCUT2D eigenvalue weighted by Crippen LogP contribution is -2.51. The molecule has 3 aromatic carbocycles. The number of benzene rings is 3. The van der Waals surface area contributed by atoms with Gasteiger partial charge in [0.15, 0.2) is 5.82 Å². The van der Waals surface area contributed by atoms with E-state index in [1.807, 2.05) is 60.7 Å². The van der Waals surface area contributed by atoms with Gasteiger partial charge in [0.2, 0.25) is 5.91 Å². The minimum absolute atomic E-state index is 0.0711. The maximum atomic E-state index is 13.2. The average Bonchev–Trinajstić information content (AvgIpc) is 3.09. The van der Waals surface area contributed by atoms with Gasteiger partial charge >= 0.3 is 5.97 Å². The van der Waals surface area contributed by atoms with Crippen LogP contribution in [0.25, 0.3) is 22.5 Å². The molecule has 9 heteroatoms. The number of hydrogen-bond acceptors (Lipinski definition) is 6. The van der Waals surface area contributed by atoms with E-state index in [2.05, 4.69) is 48.3 Å². The smallest absolute Gasteiger partial charge is 0.325 e. The van der Waals surface area contributed by atoms with Gasteiger partial charge in [0.25, 0.3) is 5.91 Å². The van der Waals surface area contributed by atoms with Gasteiger partial charge in [0.05, 0.1) is 6.61 Å². The predicted molar refractivity (Wildman–Crippen MR) is 192 cm³/mol. The first kappa shape index (κ1) is 36.8. The Morgan fingerprint density at radius 2 is 1.39 bits per heavy atom. The van der Waals surface area contributed by atoms with Crippen LogP contribution in [-0.4, -0.2) is 51.5 Å². The number of rotatable bonds is 16. The number of carboxylic acids is 1. The van der Waals surface area contributed by atoms with Crippen LogP contribution in [0.4, 0.5) is 0 Å². The van der Waals surface area contributed by atoms with E-state index in [0.717, 1.165) is 46.6 Å². The van der Waals surface area contributed by atoms with Crippen molar-refractivity contribution in [1.82, 2.24) is 20.6 Å². The second kappa shape index (κ2) is 17.4. The molecule has 4 aromatic rings. The van der Waals surface area contributed by atoms with E-state index in [1.165, 1.54) is 32.6 Å². The van der Waals surface area contributed by atoms with Crippen LogP contribution >= 0.6 is 0 Å². The van der Waals surface area contributed by atoms with Crippen molar-refractivity contribution < 1.29 is 24.2 Å². The number of hydrogen-bond donors (Lipinski definition) is 3. The second-order valence-corrected chi connectivity index (χ2v) is 13.4. The highest BCUT2D eigenvalue weighted by atomic mass is 16.5. The summed E-state index contributed by atoms with van der Waals surface area (Å²) in [6, 6.07) is 20.5. The van der Waals surface area contributed by atoms with Crippen LogP contribution in [0.5, 0.6) is 5.75 Å². The van der Waals surface area contributed by atoms with Crippen molar-refractivity contribution in [3.63, 3.8) is 0 Å².